The van der Waals surface area contributed by atoms with Crippen LogP contribution in [0.25, 0.3) is 0 Å². The molecule has 2 rings (SSSR count). The monoisotopic (exact) mass is 295 g/mol. The Morgan fingerprint density at radius 2 is 1.59 bits per heavy atom. The van der Waals surface area contributed by atoms with Crippen LogP contribution in [0.3, 0.4) is 0 Å². The fourth-order valence-electron chi connectivity index (χ4n) is 2.01. The molecule has 114 valence electrons. The van der Waals surface area contributed by atoms with Gasteiger partial charge in [-0.05, 0) is 19.1 Å². The summed E-state index contributed by atoms with van der Waals surface area (Å²) in [5.74, 6) is -0.202. The molecule has 0 unspecified atom stereocenters. The Balaban J connectivity index is 2.41. The van der Waals surface area contributed by atoms with E-state index in [0.717, 1.165) is 5.56 Å². The maximum Gasteiger partial charge on any atom is 0.229 e. The topological polar surface area (TPSA) is 46.2 Å². The molecule has 0 aliphatic carbocycles. The van der Waals surface area contributed by atoms with Crippen LogP contribution in [0.2, 0.25) is 0 Å². The summed E-state index contributed by atoms with van der Waals surface area (Å²) in [7, 11) is 0. The summed E-state index contributed by atoms with van der Waals surface area (Å²) >= 11 is 0. The summed E-state index contributed by atoms with van der Waals surface area (Å²) < 4.78 is 0. The Morgan fingerprint density at radius 1 is 0.955 bits per heavy atom. The molecule has 0 bridgehead atoms. The minimum Gasteiger partial charge on any atom is -0.325 e. The second kappa shape index (κ2) is 6.14. The van der Waals surface area contributed by atoms with Crippen molar-refractivity contribution in [3.8, 4) is 0 Å². The lowest BCUT2D eigenvalue weighted by molar-refractivity contribution is -0.123. The van der Waals surface area contributed by atoms with Crippen LogP contribution in [0.15, 0.2) is 48.5 Å². The van der Waals surface area contributed by atoms with E-state index in [9.17, 15) is 9.59 Å². The van der Waals surface area contributed by atoms with Crippen molar-refractivity contribution in [3.05, 3.63) is 65.2 Å². The van der Waals surface area contributed by atoms with Gasteiger partial charge in [0.2, 0.25) is 5.91 Å². The first-order chi connectivity index (χ1) is 10.3. The quantitative estimate of drug-likeness (QED) is 0.862. The number of carbonyl (C=O) groups is 2. The molecule has 3 nitrogen and oxygen atoms in total. The zero-order chi connectivity index (χ0) is 16.3. The Kier molecular flexibility index (Phi) is 4.45. The Bertz CT molecular complexity index is 697. The molecule has 2 aromatic rings. The zero-order valence-electron chi connectivity index (χ0n) is 13.4. The second-order valence-electron chi connectivity index (χ2n) is 6.45. The lowest BCUT2D eigenvalue weighted by Gasteiger charge is -2.19. The molecule has 0 saturated carbocycles. The predicted octanol–water partition coefficient (Wildman–Crippen LogP) is 4.21. The zero-order valence-corrected chi connectivity index (χ0v) is 13.4. The van der Waals surface area contributed by atoms with Gasteiger partial charge in [-0.2, -0.15) is 0 Å². The third-order valence-electron chi connectivity index (χ3n) is 3.39. The first-order valence-electron chi connectivity index (χ1n) is 7.31. The highest BCUT2D eigenvalue weighted by Crippen LogP contribution is 2.24. The van der Waals surface area contributed by atoms with Gasteiger partial charge in [0.05, 0.1) is 5.69 Å². The summed E-state index contributed by atoms with van der Waals surface area (Å²) in [6.07, 6.45) is 0. The van der Waals surface area contributed by atoms with Crippen LogP contribution in [-0.4, -0.2) is 11.7 Å². The van der Waals surface area contributed by atoms with Crippen molar-refractivity contribution in [2.45, 2.75) is 27.7 Å². The molecule has 0 saturated heterocycles. The van der Waals surface area contributed by atoms with Crippen molar-refractivity contribution in [3.63, 3.8) is 0 Å². The molecular weight excluding hydrogens is 274 g/mol. The molecule has 22 heavy (non-hydrogen) atoms. The number of aryl methyl sites for hydroxylation is 1. The Morgan fingerprint density at radius 3 is 2.18 bits per heavy atom. The molecule has 0 aliphatic heterocycles. The molecule has 0 spiro atoms. The number of hydrogen-bond acceptors (Lipinski definition) is 2. The third-order valence-corrected chi connectivity index (χ3v) is 3.39. The van der Waals surface area contributed by atoms with Gasteiger partial charge in [0.15, 0.2) is 5.78 Å². The Hall–Kier alpha value is -2.42. The summed E-state index contributed by atoms with van der Waals surface area (Å²) in [5.41, 5.74) is 2.15. The highest BCUT2D eigenvalue weighted by molar-refractivity contribution is 6.14. The van der Waals surface area contributed by atoms with Crippen molar-refractivity contribution >= 4 is 17.4 Å². The average Bonchev–Trinajstić information content (AvgIpc) is 2.48. The number of amides is 1. The maximum atomic E-state index is 12.7. The van der Waals surface area contributed by atoms with E-state index in [4.69, 9.17) is 0 Å². The molecule has 0 radical (unpaired) electrons. The van der Waals surface area contributed by atoms with E-state index in [-0.39, 0.29) is 11.7 Å². The average molecular weight is 295 g/mol. The minimum atomic E-state index is -0.516. The van der Waals surface area contributed by atoms with Crippen molar-refractivity contribution in [2.75, 3.05) is 5.32 Å². The van der Waals surface area contributed by atoms with Crippen LogP contribution in [0.4, 0.5) is 5.69 Å². The summed E-state index contributed by atoms with van der Waals surface area (Å²) in [5, 5.41) is 2.87. The molecular formula is C19H21NO2. The van der Waals surface area contributed by atoms with Crippen LogP contribution in [0, 0.1) is 12.3 Å². The second-order valence-corrected chi connectivity index (χ2v) is 6.45. The van der Waals surface area contributed by atoms with E-state index < -0.39 is 5.41 Å². The predicted molar refractivity (Wildman–Crippen MR) is 89.1 cm³/mol. The van der Waals surface area contributed by atoms with E-state index in [1.807, 2.05) is 58.0 Å². The summed E-state index contributed by atoms with van der Waals surface area (Å²) in [6, 6.07) is 14.6. The summed E-state index contributed by atoms with van der Waals surface area (Å²) in [6.45, 7) is 7.46. The SMILES string of the molecule is Cc1ccc(NC(=O)C(C)(C)C)c(C(=O)c2ccccc2)c1. The smallest absolute Gasteiger partial charge is 0.229 e. The number of rotatable bonds is 3. The van der Waals surface area contributed by atoms with Crippen molar-refractivity contribution < 1.29 is 9.59 Å². The van der Waals surface area contributed by atoms with Gasteiger partial charge in [-0.15, -0.1) is 0 Å². The van der Waals surface area contributed by atoms with E-state index in [0.29, 0.717) is 16.8 Å². The number of nitrogens with one attached hydrogen (secondary N) is 1. The van der Waals surface area contributed by atoms with Crippen LogP contribution < -0.4 is 5.32 Å². The molecule has 3 heteroatoms. The molecule has 2 aromatic carbocycles. The Labute approximate surface area is 131 Å². The lowest BCUT2D eigenvalue weighted by Crippen LogP contribution is -2.28. The van der Waals surface area contributed by atoms with Gasteiger partial charge < -0.3 is 5.32 Å². The molecule has 0 heterocycles. The van der Waals surface area contributed by atoms with Gasteiger partial charge in [0.25, 0.3) is 0 Å². The van der Waals surface area contributed by atoms with Crippen LogP contribution >= 0.6 is 0 Å². The molecule has 0 aliphatic rings. The number of ketones is 1. The minimum absolute atomic E-state index is 0.0893. The standard InChI is InChI=1S/C19H21NO2/c1-13-10-11-16(20-18(22)19(2,3)4)15(12-13)17(21)14-8-6-5-7-9-14/h5-12H,1-4H3,(H,20,22). The van der Waals surface area contributed by atoms with Crippen LogP contribution in [-0.2, 0) is 4.79 Å². The molecule has 1 N–H and O–H groups in total. The van der Waals surface area contributed by atoms with Crippen LogP contribution in [0.1, 0.15) is 42.3 Å². The van der Waals surface area contributed by atoms with Gasteiger partial charge in [0, 0.05) is 16.5 Å². The molecule has 0 atom stereocenters. The lowest BCUT2D eigenvalue weighted by atomic mass is 9.94. The van der Waals surface area contributed by atoms with Gasteiger partial charge in [-0.25, -0.2) is 0 Å². The highest BCUT2D eigenvalue weighted by Gasteiger charge is 2.23. The van der Waals surface area contributed by atoms with Crippen molar-refractivity contribution in [2.24, 2.45) is 5.41 Å². The highest BCUT2D eigenvalue weighted by atomic mass is 16.2. The maximum absolute atomic E-state index is 12.7. The molecule has 0 fully saturated rings. The number of anilines is 1. The largest absolute Gasteiger partial charge is 0.325 e. The van der Waals surface area contributed by atoms with Gasteiger partial charge in [-0.3, -0.25) is 9.59 Å². The van der Waals surface area contributed by atoms with Gasteiger partial charge in [-0.1, -0.05) is 62.7 Å². The van der Waals surface area contributed by atoms with E-state index >= 15 is 0 Å². The van der Waals surface area contributed by atoms with Crippen LogP contribution in [0.5, 0.6) is 0 Å². The van der Waals surface area contributed by atoms with Gasteiger partial charge >= 0.3 is 0 Å². The van der Waals surface area contributed by atoms with E-state index in [2.05, 4.69) is 5.32 Å². The first kappa shape index (κ1) is 16.0. The molecule has 1 amide bonds. The third kappa shape index (κ3) is 3.61. The van der Waals surface area contributed by atoms with E-state index in [1.165, 1.54) is 0 Å². The van der Waals surface area contributed by atoms with Gasteiger partial charge in [0.1, 0.15) is 0 Å². The fraction of sp³-hybridized carbons (Fsp3) is 0.263. The van der Waals surface area contributed by atoms with Crippen molar-refractivity contribution in [1.29, 1.82) is 0 Å². The fourth-order valence-corrected chi connectivity index (χ4v) is 2.01. The van der Waals surface area contributed by atoms with E-state index in [1.54, 1.807) is 18.2 Å². The number of carbonyl (C=O) groups excluding carboxylic acids is 2. The molecule has 0 aromatic heterocycles. The first-order valence-corrected chi connectivity index (χ1v) is 7.31. The number of benzene rings is 2. The number of hydrogen-bond donors (Lipinski definition) is 1. The summed E-state index contributed by atoms with van der Waals surface area (Å²) in [4.78, 5) is 24.9. The normalized spacial score (nSPS) is 11.1. The van der Waals surface area contributed by atoms with Crippen molar-refractivity contribution in [1.82, 2.24) is 0 Å².